The van der Waals surface area contributed by atoms with Crippen molar-refractivity contribution >= 4 is 46.6 Å². The molecule has 3 nitrogen and oxygen atoms in total. The number of Topliss-reactive ketones (excluding diaryl/α,β-unsaturated/α-hetero) is 1. The first-order chi connectivity index (χ1) is 8.60. The Labute approximate surface area is 123 Å². The molecule has 1 atom stereocenters. The standard InChI is InChI=1S/C12H19Cl3O3/c13-8-4-3-6-10(16)5-1-2-7-12(17)18-11(15)9-14/h11H,1-9H2. The van der Waals surface area contributed by atoms with E-state index in [0.29, 0.717) is 31.6 Å². The van der Waals surface area contributed by atoms with Crippen LogP contribution in [0.2, 0.25) is 0 Å². The Bertz CT molecular complexity index is 247. The highest BCUT2D eigenvalue weighted by Crippen LogP contribution is 2.09. The molecule has 106 valence electrons. The van der Waals surface area contributed by atoms with Crippen molar-refractivity contribution in [2.24, 2.45) is 0 Å². The maximum atomic E-state index is 11.4. The van der Waals surface area contributed by atoms with Crippen LogP contribution < -0.4 is 0 Å². The average molecular weight is 318 g/mol. The SMILES string of the molecule is O=C(CCCCCl)CCCCC(=O)OC(Cl)CCl. The number of hydrogen-bond acceptors (Lipinski definition) is 3. The smallest absolute Gasteiger partial charge is 0.307 e. The van der Waals surface area contributed by atoms with Gasteiger partial charge in [-0.25, -0.2) is 0 Å². The average Bonchev–Trinajstić information content (AvgIpc) is 2.34. The predicted octanol–water partition coefficient (Wildman–Crippen LogP) is 3.87. The molecule has 0 aliphatic carbocycles. The van der Waals surface area contributed by atoms with Crippen molar-refractivity contribution in [1.29, 1.82) is 0 Å². The van der Waals surface area contributed by atoms with Gasteiger partial charge in [0.2, 0.25) is 0 Å². The topological polar surface area (TPSA) is 43.4 Å². The summed E-state index contributed by atoms with van der Waals surface area (Å²) in [4.78, 5) is 22.6. The van der Waals surface area contributed by atoms with Gasteiger partial charge in [0.15, 0.2) is 5.56 Å². The van der Waals surface area contributed by atoms with E-state index in [1.54, 1.807) is 0 Å². The van der Waals surface area contributed by atoms with Gasteiger partial charge < -0.3 is 4.74 Å². The highest BCUT2D eigenvalue weighted by Gasteiger charge is 2.10. The van der Waals surface area contributed by atoms with E-state index in [0.717, 1.165) is 12.8 Å². The molecule has 0 fully saturated rings. The lowest BCUT2D eigenvalue weighted by Crippen LogP contribution is -2.13. The lowest BCUT2D eigenvalue weighted by atomic mass is 10.1. The van der Waals surface area contributed by atoms with E-state index in [4.69, 9.17) is 39.5 Å². The Morgan fingerprint density at radius 3 is 2.06 bits per heavy atom. The van der Waals surface area contributed by atoms with E-state index in [2.05, 4.69) is 0 Å². The summed E-state index contributed by atoms with van der Waals surface area (Å²) in [6, 6.07) is 0. The Balaban J connectivity index is 3.43. The summed E-state index contributed by atoms with van der Waals surface area (Å²) >= 11 is 16.5. The van der Waals surface area contributed by atoms with Gasteiger partial charge in [0.1, 0.15) is 5.78 Å². The molecule has 0 aromatic heterocycles. The fourth-order valence-electron chi connectivity index (χ4n) is 1.37. The maximum absolute atomic E-state index is 11.4. The van der Waals surface area contributed by atoms with Crippen molar-refractivity contribution in [2.75, 3.05) is 11.8 Å². The molecule has 18 heavy (non-hydrogen) atoms. The van der Waals surface area contributed by atoms with Crippen molar-refractivity contribution in [1.82, 2.24) is 0 Å². The molecular weight excluding hydrogens is 298 g/mol. The normalized spacial score (nSPS) is 12.2. The molecule has 0 saturated carbocycles. The number of ether oxygens (including phenoxy) is 1. The minimum atomic E-state index is -0.767. The number of halogens is 3. The zero-order valence-corrected chi connectivity index (χ0v) is 12.6. The second-order valence-electron chi connectivity index (χ2n) is 3.95. The zero-order chi connectivity index (χ0) is 13.8. The van der Waals surface area contributed by atoms with E-state index in [1.165, 1.54) is 0 Å². The van der Waals surface area contributed by atoms with Crippen LogP contribution in [-0.2, 0) is 14.3 Å². The number of alkyl halides is 3. The lowest BCUT2D eigenvalue weighted by molar-refractivity contribution is -0.145. The number of carbonyl (C=O) groups is 2. The molecule has 0 radical (unpaired) electrons. The molecule has 6 heteroatoms. The van der Waals surface area contributed by atoms with Crippen LogP contribution in [0.1, 0.15) is 44.9 Å². The number of ketones is 1. The Hall–Kier alpha value is 0.01000. The van der Waals surface area contributed by atoms with Gasteiger partial charge in [0.05, 0.1) is 5.88 Å². The molecule has 0 saturated heterocycles. The zero-order valence-electron chi connectivity index (χ0n) is 10.3. The van der Waals surface area contributed by atoms with Crippen molar-refractivity contribution in [3.63, 3.8) is 0 Å². The second-order valence-corrected chi connectivity index (χ2v) is 5.12. The number of rotatable bonds is 11. The molecule has 0 bridgehead atoms. The summed E-state index contributed by atoms with van der Waals surface area (Å²) in [5, 5.41) is 0. The first-order valence-electron chi connectivity index (χ1n) is 6.07. The molecule has 1 unspecified atom stereocenters. The molecule has 0 aromatic carbocycles. The third-order valence-electron chi connectivity index (χ3n) is 2.31. The minimum Gasteiger partial charge on any atom is -0.445 e. The number of esters is 1. The highest BCUT2D eigenvalue weighted by molar-refractivity contribution is 6.27. The molecular formula is C12H19Cl3O3. The van der Waals surface area contributed by atoms with Gasteiger partial charge in [-0.3, -0.25) is 9.59 Å². The van der Waals surface area contributed by atoms with Crippen molar-refractivity contribution in [2.45, 2.75) is 50.5 Å². The molecule has 0 amide bonds. The monoisotopic (exact) mass is 316 g/mol. The summed E-state index contributed by atoms with van der Waals surface area (Å²) < 4.78 is 4.78. The number of unbranched alkanes of at least 4 members (excludes halogenated alkanes) is 2. The van der Waals surface area contributed by atoms with Crippen LogP contribution in [0.25, 0.3) is 0 Å². The predicted molar refractivity (Wildman–Crippen MR) is 74.5 cm³/mol. The van der Waals surface area contributed by atoms with Crippen molar-refractivity contribution < 1.29 is 14.3 Å². The van der Waals surface area contributed by atoms with Gasteiger partial charge in [0.25, 0.3) is 0 Å². The third kappa shape index (κ3) is 11.1. The molecule has 0 spiro atoms. The van der Waals surface area contributed by atoms with Gasteiger partial charge in [-0.2, -0.15) is 0 Å². The lowest BCUT2D eigenvalue weighted by Gasteiger charge is -2.07. The summed E-state index contributed by atoms with van der Waals surface area (Å²) in [6.45, 7) is 0. The fraction of sp³-hybridized carbons (Fsp3) is 0.833. The Morgan fingerprint density at radius 2 is 1.50 bits per heavy atom. The van der Waals surface area contributed by atoms with Crippen LogP contribution in [0.5, 0.6) is 0 Å². The maximum Gasteiger partial charge on any atom is 0.307 e. The van der Waals surface area contributed by atoms with E-state index < -0.39 is 5.56 Å². The largest absolute Gasteiger partial charge is 0.445 e. The van der Waals surface area contributed by atoms with Gasteiger partial charge in [0, 0.05) is 25.1 Å². The first kappa shape index (κ1) is 18.0. The van der Waals surface area contributed by atoms with Crippen LogP contribution in [0.15, 0.2) is 0 Å². The summed E-state index contributed by atoms with van der Waals surface area (Å²) in [5.74, 6) is 0.528. The van der Waals surface area contributed by atoms with Gasteiger partial charge >= 0.3 is 5.97 Å². The molecule has 0 aliphatic heterocycles. The highest BCUT2D eigenvalue weighted by atomic mass is 35.5. The van der Waals surface area contributed by atoms with Crippen LogP contribution in [-0.4, -0.2) is 29.1 Å². The number of hydrogen-bond donors (Lipinski definition) is 0. The van der Waals surface area contributed by atoms with Crippen molar-refractivity contribution in [3.05, 3.63) is 0 Å². The molecule has 0 aliphatic rings. The van der Waals surface area contributed by atoms with Gasteiger partial charge in [-0.05, 0) is 25.7 Å². The molecule has 0 aromatic rings. The summed E-state index contributed by atoms with van der Waals surface area (Å²) in [5.41, 5.74) is -0.767. The van der Waals surface area contributed by atoms with E-state index in [9.17, 15) is 9.59 Å². The third-order valence-corrected chi connectivity index (χ3v) is 3.26. The van der Waals surface area contributed by atoms with Crippen LogP contribution in [0.3, 0.4) is 0 Å². The first-order valence-corrected chi connectivity index (χ1v) is 7.58. The van der Waals surface area contributed by atoms with Crippen molar-refractivity contribution in [3.8, 4) is 0 Å². The quantitative estimate of drug-likeness (QED) is 0.330. The fourth-order valence-corrected chi connectivity index (χ4v) is 1.72. The summed E-state index contributed by atoms with van der Waals surface area (Å²) in [6.07, 6.45) is 4.40. The second kappa shape index (κ2) is 12.1. The van der Waals surface area contributed by atoms with E-state index in [1.807, 2.05) is 0 Å². The Morgan fingerprint density at radius 1 is 0.944 bits per heavy atom. The van der Waals surface area contributed by atoms with Crippen LogP contribution in [0.4, 0.5) is 0 Å². The molecule has 0 N–H and O–H groups in total. The van der Waals surface area contributed by atoms with E-state index in [-0.39, 0.29) is 24.1 Å². The van der Waals surface area contributed by atoms with Crippen LogP contribution in [0, 0.1) is 0 Å². The molecule has 0 heterocycles. The van der Waals surface area contributed by atoms with Gasteiger partial charge in [-0.1, -0.05) is 11.6 Å². The number of carbonyl (C=O) groups excluding carboxylic acids is 2. The molecule has 0 rings (SSSR count). The minimum absolute atomic E-state index is 0.0757. The van der Waals surface area contributed by atoms with Crippen LogP contribution >= 0.6 is 34.8 Å². The van der Waals surface area contributed by atoms with E-state index >= 15 is 0 Å². The van der Waals surface area contributed by atoms with Gasteiger partial charge in [-0.15, -0.1) is 23.2 Å². The Kier molecular flexibility index (Phi) is 12.1. The summed E-state index contributed by atoms with van der Waals surface area (Å²) in [7, 11) is 0.